The standard InChI is InChI=1S/C20H25NO3S/c1-4-25(23,24)19-8-6-5-7-18(19)20(22)21-14-13-16-9-11-17(12-10-16)15(2)3/h5-12,15H,4,13-14H2,1-3H3,(H,21,22). The van der Waals surface area contributed by atoms with E-state index >= 15 is 0 Å². The van der Waals surface area contributed by atoms with Gasteiger partial charge in [-0.15, -0.1) is 0 Å². The Morgan fingerprint density at radius 1 is 1.04 bits per heavy atom. The van der Waals surface area contributed by atoms with E-state index < -0.39 is 9.84 Å². The number of hydrogen-bond acceptors (Lipinski definition) is 3. The summed E-state index contributed by atoms with van der Waals surface area (Å²) in [4.78, 5) is 12.5. The number of carbonyl (C=O) groups excluding carboxylic acids is 1. The number of benzene rings is 2. The van der Waals surface area contributed by atoms with Crippen molar-refractivity contribution in [2.24, 2.45) is 0 Å². The van der Waals surface area contributed by atoms with E-state index in [0.717, 1.165) is 5.56 Å². The van der Waals surface area contributed by atoms with Gasteiger partial charge in [-0.25, -0.2) is 8.42 Å². The van der Waals surface area contributed by atoms with Crippen LogP contribution in [-0.2, 0) is 16.3 Å². The van der Waals surface area contributed by atoms with Crippen LogP contribution in [0.2, 0.25) is 0 Å². The summed E-state index contributed by atoms with van der Waals surface area (Å²) in [6.07, 6.45) is 0.701. The average Bonchev–Trinajstić information content (AvgIpc) is 2.62. The van der Waals surface area contributed by atoms with Gasteiger partial charge >= 0.3 is 0 Å². The summed E-state index contributed by atoms with van der Waals surface area (Å²) in [5, 5.41) is 2.82. The van der Waals surface area contributed by atoms with Crippen LogP contribution in [0.4, 0.5) is 0 Å². The molecule has 2 aromatic carbocycles. The Hall–Kier alpha value is -2.14. The first-order chi connectivity index (χ1) is 11.8. The van der Waals surface area contributed by atoms with Crippen molar-refractivity contribution in [2.45, 2.75) is 38.0 Å². The first-order valence-electron chi connectivity index (χ1n) is 8.54. The lowest BCUT2D eigenvalue weighted by Gasteiger charge is -2.10. The molecule has 25 heavy (non-hydrogen) atoms. The van der Waals surface area contributed by atoms with Crippen LogP contribution in [0.25, 0.3) is 0 Å². The molecule has 0 fully saturated rings. The molecule has 5 heteroatoms. The minimum Gasteiger partial charge on any atom is -0.352 e. The highest BCUT2D eigenvalue weighted by Gasteiger charge is 2.20. The van der Waals surface area contributed by atoms with Gasteiger partial charge in [0, 0.05) is 6.54 Å². The number of amides is 1. The molecule has 0 atom stereocenters. The zero-order valence-electron chi connectivity index (χ0n) is 15.0. The molecule has 0 aliphatic rings. The molecule has 0 heterocycles. The minimum atomic E-state index is -3.42. The van der Waals surface area contributed by atoms with Crippen LogP contribution in [0.3, 0.4) is 0 Å². The van der Waals surface area contributed by atoms with Gasteiger partial charge in [0.25, 0.3) is 5.91 Å². The van der Waals surface area contributed by atoms with Crippen LogP contribution in [0.15, 0.2) is 53.4 Å². The summed E-state index contributed by atoms with van der Waals surface area (Å²) in [6.45, 7) is 6.33. The topological polar surface area (TPSA) is 63.2 Å². The Labute approximate surface area is 150 Å². The SMILES string of the molecule is CCS(=O)(=O)c1ccccc1C(=O)NCCc1ccc(C(C)C)cc1. The lowest BCUT2D eigenvalue weighted by Crippen LogP contribution is -2.27. The smallest absolute Gasteiger partial charge is 0.252 e. The molecule has 0 bridgehead atoms. The lowest BCUT2D eigenvalue weighted by atomic mass is 10.0. The van der Waals surface area contributed by atoms with Gasteiger partial charge in [-0.2, -0.15) is 0 Å². The second kappa shape index (κ2) is 8.30. The predicted octanol–water partition coefficient (Wildman–Crippen LogP) is 3.58. The molecule has 2 rings (SSSR count). The highest BCUT2D eigenvalue weighted by atomic mass is 32.2. The first kappa shape index (κ1) is 19.2. The van der Waals surface area contributed by atoms with E-state index in [9.17, 15) is 13.2 Å². The summed E-state index contributed by atoms with van der Waals surface area (Å²) in [5.41, 5.74) is 2.63. The zero-order chi connectivity index (χ0) is 18.4. The molecule has 0 unspecified atom stereocenters. The molecule has 1 amide bonds. The highest BCUT2D eigenvalue weighted by Crippen LogP contribution is 2.17. The predicted molar refractivity (Wildman–Crippen MR) is 101 cm³/mol. The Bertz CT molecular complexity index is 824. The van der Waals surface area contributed by atoms with Crippen molar-refractivity contribution in [1.82, 2.24) is 5.32 Å². The molecule has 1 N–H and O–H groups in total. The van der Waals surface area contributed by atoms with Crippen LogP contribution in [-0.4, -0.2) is 26.6 Å². The third-order valence-corrected chi connectivity index (χ3v) is 5.98. The molecule has 0 saturated carbocycles. The van der Waals surface area contributed by atoms with Gasteiger partial charge < -0.3 is 5.32 Å². The maximum Gasteiger partial charge on any atom is 0.252 e. The quantitative estimate of drug-likeness (QED) is 0.822. The highest BCUT2D eigenvalue weighted by molar-refractivity contribution is 7.91. The van der Waals surface area contributed by atoms with Gasteiger partial charge in [0.05, 0.1) is 16.2 Å². The van der Waals surface area contributed by atoms with Crippen molar-refractivity contribution < 1.29 is 13.2 Å². The van der Waals surface area contributed by atoms with E-state index in [4.69, 9.17) is 0 Å². The maximum absolute atomic E-state index is 12.4. The minimum absolute atomic E-state index is 0.0283. The number of carbonyl (C=O) groups is 1. The van der Waals surface area contributed by atoms with Crippen LogP contribution >= 0.6 is 0 Å². The molecule has 0 aromatic heterocycles. The van der Waals surface area contributed by atoms with E-state index in [2.05, 4.69) is 43.4 Å². The van der Waals surface area contributed by atoms with E-state index in [0.29, 0.717) is 18.9 Å². The third kappa shape index (κ3) is 4.92. The van der Waals surface area contributed by atoms with E-state index in [-0.39, 0.29) is 22.1 Å². The Balaban J connectivity index is 2.02. The normalized spacial score (nSPS) is 11.5. The van der Waals surface area contributed by atoms with Crippen molar-refractivity contribution in [2.75, 3.05) is 12.3 Å². The molecule has 0 spiro atoms. The lowest BCUT2D eigenvalue weighted by molar-refractivity contribution is 0.0951. The van der Waals surface area contributed by atoms with Crippen molar-refractivity contribution in [3.63, 3.8) is 0 Å². The van der Waals surface area contributed by atoms with Crippen molar-refractivity contribution >= 4 is 15.7 Å². The maximum atomic E-state index is 12.4. The van der Waals surface area contributed by atoms with Crippen LogP contribution in [0.1, 0.15) is 48.2 Å². The number of nitrogens with one attached hydrogen (secondary N) is 1. The second-order valence-corrected chi connectivity index (χ2v) is 8.55. The molecule has 0 aliphatic heterocycles. The fourth-order valence-corrected chi connectivity index (χ4v) is 3.66. The van der Waals surface area contributed by atoms with Crippen molar-refractivity contribution in [1.29, 1.82) is 0 Å². The van der Waals surface area contributed by atoms with Crippen LogP contribution in [0, 0.1) is 0 Å². The molecule has 2 aromatic rings. The van der Waals surface area contributed by atoms with E-state index in [1.165, 1.54) is 11.6 Å². The third-order valence-electron chi connectivity index (χ3n) is 4.19. The van der Waals surface area contributed by atoms with Gasteiger partial charge in [0.2, 0.25) is 0 Å². The molecule has 0 radical (unpaired) electrons. The van der Waals surface area contributed by atoms with Gasteiger partial charge in [0.1, 0.15) is 0 Å². The average molecular weight is 359 g/mol. The Kier molecular flexibility index (Phi) is 6.37. The van der Waals surface area contributed by atoms with Crippen molar-refractivity contribution in [3.05, 3.63) is 65.2 Å². The molecule has 0 saturated heterocycles. The summed E-state index contributed by atoms with van der Waals surface area (Å²) >= 11 is 0. The fraction of sp³-hybridized carbons (Fsp3) is 0.350. The van der Waals surface area contributed by atoms with Gasteiger partial charge in [-0.3, -0.25) is 4.79 Å². The van der Waals surface area contributed by atoms with Gasteiger partial charge in [-0.05, 0) is 35.6 Å². The number of rotatable bonds is 7. The molecule has 134 valence electrons. The number of hydrogen-bond donors (Lipinski definition) is 1. The van der Waals surface area contributed by atoms with Crippen LogP contribution in [0.5, 0.6) is 0 Å². The van der Waals surface area contributed by atoms with Crippen LogP contribution < -0.4 is 5.32 Å². The van der Waals surface area contributed by atoms with E-state index in [1.54, 1.807) is 25.1 Å². The Morgan fingerprint density at radius 3 is 2.28 bits per heavy atom. The summed E-state index contributed by atoms with van der Waals surface area (Å²) in [6, 6.07) is 14.7. The Morgan fingerprint density at radius 2 is 1.68 bits per heavy atom. The van der Waals surface area contributed by atoms with Gasteiger partial charge in [-0.1, -0.05) is 57.2 Å². The number of sulfone groups is 1. The van der Waals surface area contributed by atoms with E-state index in [1.807, 2.05) is 0 Å². The first-order valence-corrected chi connectivity index (χ1v) is 10.2. The summed E-state index contributed by atoms with van der Waals surface area (Å²) in [5.74, 6) is 0.108. The van der Waals surface area contributed by atoms with Gasteiger partial charge in [0.15, 0.2) is 9.84 Å². The fourth-order valence-electron chi connectivity index (χ4n) is 2.57. The molecule has 4 nitrogen and oxygen atoms in total. The molecule has 0 aliphatic carbocycles. The second-order valence-electron chi connectivity index (χ2n) is 6.30. The largest absolute Gasteiger partial charge is 0.352 e. The summed E-state index contributed by atoms with van der Waals surface area (Å²) in [7, 11) is -3.42. The summed E-state index contributed by atoms with van der Waals surface area (Å²) < 4.78 is 24.3. The molecular formula is C20H25NO3S. The zero-order valence-corrected chi connectivity index (χ0v) is 15.8. The van der Waals surface area contributed by atoms with Crippen molar-refractivity contribution in [3.8, 4) is 0 Å². The molecular weight excluding hydrogens is 334 g/mol. The monoisotopic (exact) mass is 359 g/mol.